The number of aromatic nitrogens is 3. The minimum Gasteiger partial charge on any atom is -0.450 e. The number of hydrogen-bond acceptors (Lipinski definition) is 7. The molecule has 3 aromatic rings. The third kappa shape index (κ3) is 5.01. The maximum absolute atomic E-state index is 11.7. The molecule has 27 heavy (non-hydrogen) atoms. The first-order chi connectivity index (χ1) is 13.0. The molecule has 0 spiro atoms. The predicted molar refractivity (Wildman–Crippen MR) is 106 cm³/mol. The molecular formula is C19H21N5O2S. The van der Waals surface area contributed by atoms with Crippen LogP contribution in [0.25, 0.3) is 10.6 Å². The number of aryl methyl sites for hydroxylation is 1. The summed E-state index contributed by atoms with van der Waals surface area (Å²) < 4.78 is 4.99. The molecule has 0 fully saturated rings. The molecule has 1 amide bonds. The summed E-state index contributed by atoms with van der Waals surface area (Å²) in [5, 5.41) is 4.04. The largest absolute Gasteiger partial charge is 0.450 e. The zero-order valence-electron chi connectivity index (χ0n) is 15.5. The number of pyridine rings is 2. The van der Waals surface area contributed by atoms with Crippen LogP contribution in [0.15, 0.2) is 42.7 Å². The molecule has 1 N–H and O–H groups in total. The third-order valence-corrected chi connectivity index (χ3v) is 4.68. The van der Waals surface area contributed by atoms with E-state index in [0.717, 1.165) is 27.0 Å². The van der Waals surface area contributed by atoms with Crippen LogP contribution in [0.1, 0.15) is 17.5 Å². The van der Waals surface area contributed by atoms with E-state index in [2.05, 4.69) is 20.3 Å². The van der Waals surface area contributed by atoms with Crippen LogP contribution in [0.2, 0.25) is 0 Å². The first-order valence-corrected chi connectivity index (χ1v) is 9.36. The zero-order valence-corrected chi connectivity index (χ0v) is 16.3. The van der Waals surface area contributed by atoms with Crippen LogP contribution in [0.3, 0.4) is 0 Å². The molecule has 8 heteroatoms. The molecule has 3 rings (SSSR count). The number of rotatable bonds is 6. The molecule has 3 heterocycles. The van der Waals surface area contributed by atoms with Gasteiger partial charge in [0.1, 0.15) is 16.6 Å². The van der Waals surface area contributed by atoms with Crippen molar-refractivity contribution in [3.63, 3.8) is 0 Å². The molecule has 0 bridgehead atoms. The second-order valence-electron chi connectivity index (χ2n) is 5.92. The lowest BCUT2D eigenvalue weighted by Gasteiger charge is -2.14. The Bertz CT molecular complexity index is 928. The van der Waals surface area contributed by atoms with Crippen LogP contribution in [-0.4, -0.2) is 39.6 Å². The van der Waals surface area contributed by atoms with Gasteiger partial charge in [0.15, 0.2) is 0 Å². The molecule has 0 aliphatic heterocycles. The van der Waals surface area contributed by atoms with E-state index in [4.69, 9.17) is 4.74 Å². The minimum absolute atomic E-state index is 0.353. The summed E-state index contributed by atoms with van der Waals surface area (Å²) in [5.41, 5.74) is 1.94. The van der Waals surface area contributed by atoms with Crippen LogP contribution in [0.5, 0.6) is 0 Å². The Labute approximate surface area is 162 Å². The average Bonchev–Trinajstić information content (AvgIpc) is 3.11. The highest BCUT2D eigenvalue weighted by molar-refractivity contribution is 7.15. The fraction of sp³-hybridized carbons (Fsp3) is 0.263. The van der Waals surface area contributed by atoms with E-state index in [0.29, 0.717) is 19.0 Å². The van der Waals surface area contributed by atoms with Crippen molar-refractivity contribution in [2.75, 3.05) is 19.0 Å². The van der Waals surface area contributed by atoms with Gasteiger partial charge >= 0.3 is 6.09 Å². The zero-order chi connectivity index (χ0) is 19.2. The highest BCUT2D eigenvalue weighted by Gasteiger charge is 2.13. The number of anilines is 2. The van der Waals surface area contributed by atoms with Crippen LogP contribution in [-0.2, 0) is 11.3 Å². The average molecular weight is 383 g/mol. The molecule has 0 aliphatic rings. The molecule has 0 saturated heterocycles. The van der Waals surface area contributed by atoms with Crippen molar-refractivity contribution < 1.29 is 9.53 Å². The Balaban J connectivity index is 1.72. The first kappa shape index (κ1) is 18.8. The van der Waals surface area contributed by atoms with Crippen molar-refractivity contribution in [3.05, 3.63) is 53.3 Å². The van der Waals surface area contributed by atoms with Crippen molar-refractivity contribution in [1.82, 2.24) is 19.9 Å². The van der Waals surface area contributed by atoms with Gasteiger partial charge < -0.3 is 15.0 Å². The molecule has 3 aromatic heterocycles. The lowest BCUT2D eigenvalue weighted by molar-refractivity contribution is 0.114. The molecule has 140 valence electrons. The number of nitrogens with zero attached hydrogens (tertiary/aromatic N) is 4. The topological polar surface area (TPSA) is 80.2 Å². The Morgan fingerprint density at radius 3 is 2.89 bits per heavy atom. The van der Waals surface area contributed by atoms with Gasteiger partial charge in [0.05, 0.1) is 23.7 Å². The molecule has 0 aromatic carbocycles. The van der Waals surface area contributed by atoms with E-state index in [1.54, 1.807) is 26.4 Å². The molecule has 0 radical (unpaired) electrons. The standard InChI is InChI=1S/C19H21N5O2S/c1-4-26-19(25)24(3)12-18-21-11-15(27-18)14-6-5-7-16(22-14)23-17-10-13(2)8-9-20-17/h5-11H,4,12H2,1-3H3,(H,20,22,23). The third-order valence-electron chi connectivity index (χ3n) is 3.68. The van der Waals surface area contributed by atoms with E-state index < -0.39 is 0 Å². The first-order valence-electron chi connectivity index (χ1n) is 8.55. The number of nitrogens with one attached hydrogen (secondary N) is 1. The van der Waals surface area contributed by atoms with E-state index in [1.165, 1.54) is 16.2 Å². The van der Waals surface area contributed by atoms with E-state index in [9.17, 15) is 4.79 Å². The highest BCUT2D eigenvalue weighted by Crippen LogP contribution is 2.26. The molecule has 0 saturated carbocycles. The number of carbonyl (C=O) groups is 1. The van der Waals surface area contributed by atoms with E-state index >= 15 is 0 Å². The second kappa shape index (κ2) is 8.59. The Kier molecular flexibility index (Phi) is 5.97. The Morgan fingerprint density at radius 2 is 2.11 bits per heavy atom. The predicted octanol–water partition coefficient (Wildman–Crippen LogP) is 4.24. The summed E-state index contributed by atoms with van der Waals surface area (Å²) in [5.74, 6) is 1.46. The van der Waals surface area contributed by atoms with Crippen molar-refractivity contribution in [2.45, 2.75) is 20.4 Å². The summed E-state index contributed by atoms with van der Waals surface area (Å²) in [7, 11) is 1.69. The lowest BCUT2D eigenvalue weighted by Crippen LogP contribution is -2.26. The maximum Gasteiger partial charge on any atom is 0.409 e. The van der Waals surface area contributed by atoms with E-state index in [1.807, 2.05) is 37.3 Å². The summed E-state index contributed by atoms with van der Waals surface area (Å²) in [6, 6.07) is 9.67. The van der Waals surface area contributed by atoms with Gasteiger partial charge in [0.25, 0.3) is 0 Å². The summed E-state index contributed by atoms with van der Waals surface area (Å²) in [4.78, 5) is 27.5. The van der Waals surface area contributed by atoms with Gasteiger partial charge in [-0.2, -0.15) is 0 Å². The van der Waals surface area contributed by atoms with Crippen LogP contribution in [0.4, 0.5) is 16.4 Å². The lowest BCUT2D eigenvalue weighted by atomic mass is 10.3. The van der Waals surface area contributed by atoms with Crippen molar-refractivity contribution in [2.24, 2.45) is 0 Å². The molecular weight excluding hydrogens is 362 g/mol. The number of carbonyl (C=O) groups excluding carboxylic acids is 1. The maximum atomic E-state index is 11.7. The molecule has 0 atom stereocenters. The van der Waals surface area contributed by atoms with Crippen molar-refractivity contribution in [1.29, 1.82) is 0 Å². The van der Waals surface area contributed by atoms with Gasteiger partial charge in [-0.15, -0.1) is 11.3 Å². The Hall–Kier alpha value is -3.00. The van der Waals surface area contributed by atoms with Gasteiger partial charge in [-0.3, -0.25) is 0 Å². The normalized spacial score (nSPS) is 10.5. The van der Waals surface area contributed by atoms with Crippen molar-refractivity contribution >= 4 is 29.1 Å². The monoisotopic (exact) mass is 383 g/mol. The van der Waals surface area contributed by atoms with Gasteiger partial charge in [-0.1, -0.05) is 6.07 Å². The number of amides is 1. The quantitative estimate of drug-likeness (QED) is 0.686. The smallest absolute Gasteiger partial charge is 0.409 e. The molecule has 0 unspecified atom stereocenters. The number of ether oxygens (including phenoxy) is 1. The fourth-order valence-electron chi connectivity index (χ4n) is 2.38. The van der Waals surface area contributed by atoms with Gasteiger partial charge in [-0.25, -0.2) is 19.7 Å². The number of hydrogen-bond donors (Lipinski definition) is 1. The highest BCUT2D eigenvalue weighted by atomic mass is 32.1. The van der Waals surface area contributed by atoms with Crippen LogP contribution in [0, 0.1) is 6.92 Å². The summed E-state index contributed by atoms with van der Waals surface area (Å²) in [6.07, 6.45) is 3.18. The summed E-state index contributed by atoms with van der Waals surface area (Å²) in [6.45, 7) is 4.55. The van der Waals surface area contributed by atoms with Crippen molar-refractivity contribution in [3.8, 4) is 10.6 Å². The van der Waals surface area contributed by atoms with Crippen LogP contribution < -0.4 is 5.32 Å². The van der Waals surface area contributed by atoms with Crippen LogP contribution >= 0.6 is 11.3 Å². The van der Waals surface area contributed by atoms with E-state index in [-0.39, 0.29) is 6.09 Å². The minimum atomic E-state index is -0.357. The SMILES string of the molecule is CCOC(=O)N(C)Cc1ncc(-c2cccc(Nc3cc(C)ccn3)n2)s1. The number of thiazole rings is 1. The second-order valence-corrected chi connectivity index (χ2v) is 7.04. The molecule has 7 nitrogen and oxygen atoms in total. The Morgan fingerprint density at radius 1 is 1.26 bits per heavy atom. The fourth-order valence-corrected chi connectivity index (χ4v) is 3.32. The molecule has 0 aliphatic carbocycles. The van der Waals surface area contributed by atoms with Gasteiger partial charge in [0, 0.05) is 19.4 Å². The summed E-state index contributed by atoms with van der Waals surface area (Å²) >= 11 is 1.50. The van der Waals surface area contributed by atoms with Gasteiger partial charge in [-0.05, 0) is 43.7 Å². The van der Waals surface area contributed by atoms with Gasteiger partial charge in [0.2, 0.25) is 0 Å².